The fraction of sp³-hybridized carbons (Fsp3) is 0.333. The molecule has 3 aromatic carbocycles. The van der Waals surface area contributed by atoms with Crippen LogP contribution in [0.25, 0.3) is 0 Å². The van der Waals surface area contributed by atoms with Crippen molar-refractivity contribution in [1.29, 1.82) is 0 Å². The summed E-state index contributed by atoms with van der Waals surface area (Å²) in [5, 5.41) is 16.0. The van der Waals surface area contributed by atoms with Gasteiger partial charge in [0.05, 0.1) is 5.69 Å². The van der Waals surface area contributed by atoms with E-state index < -0.39 is 11.9 Å². The Bertz CT molecular complexity index is 1370. The number of fused-ring (bicyclic) bond motifs is 1. The van der Waals surface area contributed by atoms with Crippen molar-refractivity contribution >= 4 is 23.2 Å². The van der Waals surface area contributed by atoms with Crippen LogP contribution in [0.2, 0.25) is 0 Å². The molecule has 1 heterocycles. The number of amides is 2. The van der Waals surface area contributed by atoms with Gasteiger partial charge in [-0.2, -0.15) is 0 Å². The van der Waals surface area contributed by atoms with E-state index >= 15 is 4.39 Å². The third kappa shape index (κ3) is 5.59. The highest BCUT2D eigenvalue weighted by Crippen LogP contribution is 2.32. The predicted molar refractivity (Wildman–Crippen MR) is 147 cm³/mol. The van der Waals surface area contributed by atoms with Crippen molar-refractivity contribution in [2.24, 2.45) is 0 Å². The maximum absolute atomic E-state index is 15.1. The first-order chi connectivity index (χ1) is 18.1. The number of hydrogen-bond donors (Lipinski definition) is 4. The van der Waals surface area contributed by atoms with Crippen LogP contribution >= 0.6 is 0 Å². The number of aromatic hydroxyl groups is 1. The van der Waals surface area contributed by atoms with Crippen LogP contribution in [0.1, 0.15) is 76.8 Å². The summed E-state index contributed by atoms with van der Waals surface area (Å²) < 4.78 is 15.1. The predicted octanol–water partition coefficient (Wildman–Crippen LogP) is 5.38. The molecule has 1 aliphatic heterocycles. The average molecular weight is 519 g/mol. The fourth-order valence-corrected chi connectivity index (χ4v) is 5.10. The number of phenols is 1. The molecule has 4 rings (SSSR count). The standard InChI is InChI=1S/C30H35FN4O3/c1-5-6-17(2)23-9-7-19(11-18(23)3)28(30(38)35(4)16-21-12-22(32)8-10-27(21)36)34-26-14-24-20(13-25(26)31)15-33-29(24)37/h7-14,17,28,34,36H,5-6,15-16,32H2,1-4H3,(H,33,37)/t17-,28?/m0/s1. The Labute approximate surface area is 222 Å². The highest BCUT2D eigenvalue weighted by atomic mass is 19.1. The number of phenolic OH excluding ortho intramolecular Hbond substituents is 1. The largest absolute Gasteiger partial charge is 0.508 e. The molecule has 2 amide bonds. The van der Waals surface area contributed by atoms with Gasteiger partial charge in [-0.05, 0) is 71.8 Å². The van der Waals surface area contributed by atoms with E-state index in [1.54, 1.807) is 19.2 Å². The van der Waals surface area contributed by atoms with Crippen molar-refractivity contribution in [1.82, 2.24) is 10.2 Å². The Morgan fingerprint density at radius 1 is 1.21 bits per heavy atom. The Morgan fingerprint density at radius 2 is 1.97 bits per heavy atom. The number of rotatable bonds is 9. The molecular weight excluding hydrogens is 483 g/mol. The SMILES string of the molecule is CCC[C@H](C)c1ccc(C(Nc2cc3c(cc2F)CNC3=O)C(=O)N(C)Cc2cc(N)ccc2O)cc1C. The van der Waals surface area contributed by atoms with Gasteiger partial charge in [0, 0.05) is 37.0 Å². The Balaban J connectivity index is 1.70. The molecular formula is C30H35FN4O3. The van der Waals surface area contributed by atoms with Crippen molar-refractivity contribution < 1.29 is 19.1 Å². The van der Waals surface area contributed by atoms with Gasteiger partial charge in [0.1, 0.15) is 17.6 Å². The smallest absolute Gasteiger partial charge is 0.251 e. The average Bonchev–Trinajstić information content (AvgIpc) is 3.23. The third-order valence-corrected chi connectivity index (χ3v) is 7.19. The van der Waals surface area contributed by atoms with Gasteiger partial charge in [-0.3, -0.25) is 9.59 Å². The summed E-state index contributed by atoms with van der Waals surface area (Å²) in [5.41, 5.74) is 10.8. The second-order valence-electron chi connectivity index (χ2n) is 10.1. The Morgan fingerprint density at radius 3 is 2.68 bits per heavy atom. The molecule has 8 heteroatoms. The number of nitrogens with two attached hydrogens (primary N) is 1. The number of nitrogens with zero attached hydrogens (tertiary/aromatic N) is 1. The summed E-state index contributed by atoms with van der Waals surface area (Å²) in [6.07, 6.45) is 2.12. The van der Waals surface area contributed by atoms with E-state index in [-0.39, 0.29) is 36.3 Å². The zero-order valence-corrected chi connectivity index (χ0v) is 22.3. The number of hydrogen-bond acceptors (Lipinski definition) is 5. The number of benzene rings is 3. The summed E-state index contributed by atoms with van der Waals surface area (Å²) in [4.78, 5) is 27.5. The van der Waals surface area contributed by atoms with Crippen LogP contribution in [0.4, 0.5) is 15.8 Å². The Kier molecular flexibility index (Phi) is 7.90. The lowest BCUT2D eigenvalue weighted by molar-refractivity contribution is -0.131. The molecule has 0 radical (unpaired) electrons. The van der Waals surface area contributed by atoms with Gasteiger partial charge in [-0.25, -0.2) is 4.39 Å². The van der Waals surface area contributed by atoms with Crippen molar-refractivity contribution in [2.45, 2.75) is 58.7 Å². The lowest BCUT2D eigenvalue weighted by Crippen LogP contribution is -2.35. The number of aryl methyl sites for hydroxylation is 1. The normalized spacial score (nSPS) is 14.0. The highest BCUT2D eigenvalue weighted by molar-refractivity contribution is 5.99. The number of carbonyl (C=O) groups excluding carboxylic acids is 2. The summed E-state index contributed by atoms with van der Waals surface area (Å²) in [7, 11) is 1.62. The first kappa shape index (κ1) is 27.0. The lowest BCUT2D eigenvalue weighted by Gasteiger charge is -2.27. The molecule has 0 aliphatic carbocycles. The first-order valence-electron chi connectivity index (χ1n) is 12.9. The van der Waals surface area contributed by atoms with Crippen LogP contribution in [0.3, 0.4) is 0 Å². The summed E-state index contributed by atoms with van der Waals surface area (Å²) in [5.74, 6) is -0.739. The highest BCUT2D eigenvalue weighted by Gasteiger charge is 2.28. The molecule has 0 aromatic heterocycles. The van der Waals surface area contributed by atoms with E-state index in [0.29, 0.717) is 33.9 Å². The van der Waals surface area contributed by atoms with E-state index in [4.69, 9.17) is 5.73 Å². The molecule has 0 fully saturated rings. The number of nitrogens with one attached hydrogen (secondary N) is 2. The van der Waals surface area contributed by atoms with Gasteiger partial charge >= 0.3 is 0 Å². The maximum atomic E-state index is 15.1. The van der Waals surface area contributed by atoms with E-state index in [1.165, 1.54) is 28.7 Å². The monoisotopic (exact) mass is 518 g/mol. The van der Waals surface area contributed by atoms with Crippen LogP contribution in [0.5, 0.6) is 5.75 Å². The van der Waals surface area contributed by atoms with Crippen LogP contribution in [-0.2, 0) is 17.9 Å². The molecule has 1 aliphatic rings. The zero-order chi connectivity index (χ0) is 27.6. The number of anilines is 2. The number of carbonyl (C=O) groups is 2. The minimum atomic E-state index is -0.936. The van der Waals surface area contributed by atoms with Crippen LogP contribution in [-0.4, -0.2) is 28.9 Å². The summed E-state index contributed by atoms with van der Waals surface area (Å²) in [6.45, 7) is 6.73. The maximum Gasteiger partial charge on any atom is 0.251 e. The Hall–Kier alpha value is -4.07. The van der Waals surface area contributed by atoms with Crippen LogP contribution in [0.15, 0.2) is 48.5 Å². The molecule has 7 nitrogen and oxygen atoms in total. The lowest BCUT2D eigenvalue weighted by atomic mass is 9.90. The second kappa shape index (κ2) is 11.1. The zero-order valence-electron chi connectivity index (χ0n) is 22.3. The summed E-state index contributed by atoms with van der Waals surface area (Å²) >= 11 is 0. The van der Waals surface area contributed by atoms with Crippen molar-refractivity contribution in [3.63, 3.8) is 0 Å². The molecule has 0 saturated heterocycles. The van der Waals surface area contributed by atoms with E-state index in [0.717, 1.165) is 18.4 Å². The molecule has 3 aromatic rings. The van der Waals surface area contributed by atoms with Crippen molar-refractivity contribution in [2.75, 3.05) is 18.1 Å². The van der Waals surface area contributed by atoms with E-state index in [2.05, 4.69) is 24.5 Å². The van der Waals surface area contributed by atoms with Gasteiger partial charge in [-0.15, -0.1) is 0 Å². The molecule has 0 bridgehead atoms. The minimum Gasteiger partial charge on any atom is -0.508 e. The number of halogens is 1. The fourth-order valence-electron chi connectivity index (χ4n) is 5.10. The molecule has 1 unspecified atom stereocenters. The minimum absolute atomic E-state index is 0.0316. The second-order valence-corrected chi connectivity index (χ2v) is 10.1. The quantitative estimate of drug-likeness (QED) is 0.225. The van der Waals surface area contributed by atoms with E-state index in [9.17, 15) is 14.7 Å². The molecule has 0 spiro atoms. The van der Waals surface area contributed by atoms with Crippen molar-refractivity contribution in [3.8, 4) is 5.75 Å². The molecule has 0 saturated carbocycles. The number of likely N-dealkylation sites (N-methyl/N-ethyl adjacent to an activating group) is 1. The van der Waals surface area contributed by atoms with Gasteiger partial charge in [0.15, 0.2) is 0 Å². The first-order valence-corrected chi connectivity index (χ1v) is 12.9. The third-order valence-electron chi connectivity index (χ3n) is 7.19. The van der Waals surface area contributed by atoms with Gasteiger partial charge in [0.25, 0.3) is 5.91 Å². The van der Waals surface area contributed by atoms with Crippen LogP contribution < -0.4 is 16.4 Å². The van der Waals surface area contributed by atoms with Gasteiger partial charge in [-0.1, -0.05) is 38.5 Å². The molecule has 5 N–H and O–H groups in total. The molecule has 2 atom stereocenters. The number of nitrogen functional groups attached to an aromatic ring is 1. The van der Waals surface area contributed by atoms with Crippen LogP contribution in [0, 0.1) is 12.7 Å². The van der Waals surface area contributed by atoms with E-state index in [1.807, 2.05) is 25.1 Å². The molecule has 38 heavy (non-hydrogen) atoms. The summed E-state index contributed by atoms with van der Waals surface area (Å²) in [6, 6.07) is 12.4. The van der Waals surface area contributed by atoms with Crippen molar-refractivity contribution in [3.05, 3.63) is 87.7 Å². The molecule has 200 valence electrons. The topological polar surface area (TPSA) is 108 Å². The van der Waals surface area contributed by atoms with Gasteiger partial charge < -0.3 is 26.4 Å². The van der Waals surface area contributed by atoms with Gasteiger partial charge in [0.2, 0.25) is 5.91 Å².